The van der Waals surface area contributed by atoms with Gasteiger partial charge in [0.25, 0.3) is 0 Å². The Balaban J connectivity index is 2.96. The van der Waals surface area contributed by atoms with Crippen LogP contribution in [-0.4, -0.2) is 17.0 Å². The van der Waals surface area contributed by atoms with Gasteiger partial charge in [-0.05, 0) is 26.7 Å². The average molecular weight is 214 g/mol. The number of hydrogen-bond donors (Lipinski definition) is 1. The van der Waals surface area contributed by atoms with E-state index in [0.29, 0.717) is 5.78 Å². The van der Waals surface area contributed by atoms with Gasteiger partial charge in [-0.3, -0.25) is 0 Å². The van der Waals surface area contributed by atoms with Crippen molar-refractivity contribution in [2.24, 2.45) is 0 Å². The summed E-state index contributed by atoms with van der Waals surface area (Å²) in [5, 5.41) is 9.05. The predicted octanol–water partition coefficient (Wildman–Crippen LogP) is 3.47. The fraction of sp³-hybridized carbons (Fsp3) is 0.923. The molecule has 0 aliphatic carbocycles. The summed E-state index contributed by atoms with van der Waals surface area (Å²) in [7, 11) is 0. The smallest absolute Gasteiger partial charge is 0.129 e. The van der Waals surface area contributed by atoms with Crippen LogP contribution in [0.3, 0.4) is 0 Å². The number of Topliss-reactive ketones (excluding diaryl/α,β-unsaturated/α-hetero) is 1. The summed E-state index contributed by atoms with van der Waals surface area (Å²) in [4.78, 5) is 10.7. The third-order valence-electron chi connectivity index (χ3n) is 2.65. The van der Waals surface area contributed by atoms with Crippen LogP contribution in [0.2, 0.25) is 0 Å². The lowest BCUT2D eigenvalue weighted by molar-refractivity contribution is -0.117. The summed E-state index contributed by atoms with van der Waals surface area (Å²) in [6, 6.07) is 0. The van der Waals surface area contributed by atoms with E-state index in [0.717, 1.165) is 25.7 Å². The molecule has 0 rings (SSSR count). The van der Waals surface area contributed by atoms with Crippen LogP contribution >= 0.6 is 0 Å². The summed E-state index contributed by atoms with van der Waals surface area (Å²) in [5.41, 5.74) is 0. The first-order valence-electron chi connectivity index (χ1n) is 6.30. The molecule has 0 saturated carbocycles. The minimum absolute atomic E-state index is 0.138. The predicted molar refractivity (Wildman–Crippen MR) is 63.9 cm³/mol. The van der Waals surface area contributed by atoms with Gasteiger partial charge in [-0.2, -0.15) is 0 Å². The van der Waals surface area contributed by atoms with Crippen LogP contribution in [0.25, 0.3) is 0 Å². The van der Waals surface area contributed by atoms with E-state index in [-0.39, 0.29) is 6.10 Å². The second-order valence-corrected chi connectivity index (χ2v) is 4.56. The molecule has 0 radical (unpaired) electrons. The summed E-state index contributed by atoms with van der Waals surface area (Å²) in [6.07, 6.45) is 9.97. The second-order valence-electron chi connectivity index (χ2n) is 4.56. The number of rotatable bonds is 10. The van der Waals surface area contributed by atoms with Crippen molar-refractivity contribution in [2.75, 3.05) is 0 Å². The molecule has 0 aromatic rings. The Labute approximate surface area is 94.1 Å². The van der Waals surface area contributed by atoms with Crippen LogP contribution in [0.15, 0.2) is 0 Å². The third kappa shape index (κ3) is 13.6. The van der Waals surface area contributed by atoms with Gasteiger partial charge >= 0.3 is 0 Å². The molecule has 15 heavy (non-hydrogen) atoms. The van der Waals surface area contributed by atoms with Gasteiger partial charge in [0.15, 0.2) is 0 Å². The lowest BCUT2D eigenvalue weighted by atomic mass is 10.1. The molecule has 0 heterocycles. The molecule has 2 nitrogen and oxygen atoms in total. The van der Waals surface area contributed by atoms with E-state index in [2.05, 4.69) is 0 Å². The molecule has 0 aliphatic rings. The van der Waals surface area contributed by atoms with Crippen LogP contribution in [0, 0.1) is 0 Å². The highest BCUT2D eigenvalue weighted by molar-refractivity contribution is 5.75. The monoisotopic (exact) mass is 214 g/mol. The van der Waals surface area contributed by atoms with E-state index in [1.165, 1.54) is 32.1 Å². The van der Waals surface area contributed by atoms with E-state index in [1.54, 1.807) is 6.92 Å². The number of aliphatic hydroxyl groups excluding tert-OH is 1. The Morgan fingerprint density at radius 3 is 1.93 bits per heavy atom. The Morgan fingerprint density at radius 1 is 1.00 bits per heavy atom. The molecular formula is C13H26O2. The number of aliphatic hydroxyl groups is 1. The van der Waals surface area contributed by atoms with E-state index < -0.39 is 0 Å². The topological polar surface area (TPSA) is 37.3 Å². The van der Waals surface area contributed by atoms with Crippen LogP contribution < -0.4 is 0 Å². The first-order chi connectivity index (χ1) is 7.13. The van der Waals surface area contributed by atoms with Crippen molar-refractivity contribution in [3.63, 3.8) is 0 Å². The fourth-order valence-corrected chi connectivity index (χ4v) is 1.70. The molecule has 0 aromatic heterocycles. The molecule has 1 atom stereocenters. The van der Waals surface area contributed by atoms with Crippen molar-refractivity contribution in [1.29, 1.82) is 0 Å². The van der Waals surface area contributed by atoms with Gasteiger partial charge in [-0.1, -0.05) is 38.5 Å². The lowest BCUT2D eigenvalue weighted by Gasteiger charge is -2.03. The number of unbranched alkanes of at least 4 members (excludes halogenated alkanes) is 6. The standard InChI is InChI=1S/C13H26O2/c1-12(14)10-8-6-4-3-5-7-9-11-13(2)15/h12,14H,3-11H2,1-2H3. The van der Waals surface area contributed by atoms with Crippen LogP contribution in [0.4, 0.5) is 0 Å². The molecule has 90 valence electrons. The SMILES string of the molecule is CC(=O)CCCCCCCCCC(C)O. The highest BCUT2D eigenvalue weighted by Crippen LogP contribution is 2.10. The minimum Gasteiger partial charge on any atom is -0.393 e. The normalized spacial score (nSPS) is 12.7. The number of carbonyl (C=O) groups is 1. The van der Waals surface area contributed by atoms with E-state index >= 15 is 0 Å². The molecule has 0 aromatic carbocycles. The van der Waals surface area contributed by atoms with Gasteiger partial charge < -0.3 is 9.90 Å². The first-order valence-corrected chi connectivity index (χ1v) is 6.30. The molecule has 1 unspecified atom stereocenters. The average Bonchev–Trinajstić information content (AvgIpc) is 2.14. The van der Waals surface area contributed by atoms with Crippen molar-refractivity contribution in [3.8, 4) is 0 Å². The molecule has 2 heteroatoms. The number of carbonyl (C=O) groups excluding carboxylic acids is 1. The zero-order chi connectivity index (χ0) is 11.5. The Morgan fingerprint density at radius 2 is 1.47 bits per heavy atom. The maximum atomic E-state index is 10.7. The van der Waals surface area contributed by atoms with E-state index in [1.807, 2.05) is 6.92 Å². The van der Waals surface area contributed by atoms with E-state index in [9.17, 15) is 4.79 Å². The molecule has 0 amide bonds. The number of hydrogen-bond acceptors (Lipinski definition) is 2. The summed E-state index contributed by atoms with van der Waals surface area (Å²) >= 11 is 0. The van der Waals surface area contributed by atoms with Gasteiger partial charge in [0.05, 0.1) is 6.10 Å². The summed E-state index contributed by atoms with van der Waals surface area (Å²) in [6.45, 7) is 3.51. The second kappa shape index (κ2) is 10.2. The molecule has 0 fully saturated rings. The van der Waals surface area contributed by atoms with E-state index in [4.69, 9.17) is 5.11 Å². The quantitative estimate of drug-likeness (QED) is 0.565. The zero-order valence-corrected chi connectivity index (χ0v) is 10.3. The van der Waals surface area contributed by atoms with Crippen molar-refractivity contribution in [3.05, 3.63) is 0 Å². The van der Waals surface area contributed by atoms with Gasteiger partial charge in [0.2, 0.25) is 0 Å². The van der Waals surface area contributed by atoms with Crippen molar-refractivity contribution < 1.29 is 9.90 Å². The highest BCUT2D eigenvalue weighted by atomic mass is 16.3. The van der Waals surface area contributed by atoms with Crippen molar-refractivity contribution in [2.45, 2.75) is 77.7 Å². The lowest BCUT2D eigenvalue weighted by Crippen LogP contribution is -1.98. The molecule has 0 saturated heterocycles. The van der Waals surface area contributed by atoms with Gasteiger partial charge in [-0.15, -0.1) is 0 Å². The first kappa shape index (κ1) is 14.6. The minimum atomic E-state index is -0.138. The van der Waals surface area contributed by atoms with Gasteiger partial charge in [0, 0.05) is 6.42 Å². The Bertz CT molecular complexity index is 153. The number of ketones is 1. The highest BCUT2D eigenvalue weighted by Gasteiger charge is 1.96. The molecule has 1 N–H and O–H groups in total. The zero-order valence-electron chi connectivity index (χ0n) is 10.3. The van der Waals surface area contributed by atoms with Crippen LogP contribution in [-0.2, 0) is 4.79 Å². The molecule has 0 aliphatic heterocycles. The largest absolute Gasteiger partial charge is 0.393 e. The maximum Gasteiger partial charge on any atom is 0.129 e. The summed E-state index contributed by atoms with van der Waals surface area (Å²) < 4.78 is 0. The molecule has 0 bridgehead atoms. The Hall–Kier alpha value is -0.370. The fourth-order valence-electron chi connectivity index (χ4n) is 1.70. The van der Waals surface area contributed by atoms with Gasteiger partial charge in [0.1, 0.15) is 5.78 Å². The van der Waals surface area contributed by atoms with Gasteiger partial charge in [-0.25, -0.2) is 0 Å². The molecule has 0 spiro atoms. The Kier molecular flexibility index (Phi) is 9.91. The molecular weight excluding hydrogens is 188 g/mol. The van der Waals surface area contributed by atoms with Crippen LogP contribution in [0.1, 0.15) is 71.6 Å². The van der Waals surface area contributed by atoms with Crippen LogP contribution in [0.5, 0.6) is 0 Å². The summed E-state index contributed by atoms with van der Waals surface area (Å²) in [5.74, 6) is 0.312. The van der Waals surface area contributed by atoms with Crippen molar-refractivity contribution >= 4 is 5.78 Å². The third-order valence-corrected chi connectivity index (χ3v) is 2.65. The van der Waals surface area contributed by atoms with Crippen molar-refractivity contribution in [1.82, 2.24) is 0 Å². The maximum absolute atomic E-state index is 10.7.